The summed E-state index contributed by atoms with van der Waals surface area (Å²) in [5.74, 6) is 2.22. The van der Waals surface area contributed by atoms with Crippen molar-refractivity contribution in [2.24, 2.45) is 0 Å². The summed E-state index contributed by atoms with van der Waals surface area (Å²) in [7, 11) is 0. The lowest BCUT2D eigenvalue weighted by molar-refractivity contribution is 0.453. The van der Waals surface area contributed by atoms with Gasteiger partial charge < -0.3 is 9.73 Å². The van der Waals surface area contributed by atoms with Gasteiger partial charge in [-0.1, -0.05) is 0 Å². The molecule has 0 fully saturated rings. The van der Waals surface area contributed by atoms with Crippen molar-refractivity contribution in [1.82, 2.24) is 15.0 Å². The summed E-state index contributed by atoms with van der Waals surface area (Å²) in [6.07, 6.45) is 5.03. The van der Waals surface area contributed by atoms with Gasteiger partial charge in [-0.2, -0.15) is 0 Å². The average molecular weight is 218 g/mol. The first-order valence-corrected chi connectivity index (χ1v) is 5.13. The molecule has 2 rings (SSSR count). The minimum atomic E-state index is -0.0240. The van der Waals surface area contributed by atoms with Crippen LogP contribution in [0.3, 0.4) is 0 Å². The second-order valence-electron chi connectivity index (χ2n) is 3.67. The molecule has 0 bridgehead atoms. The van der Waals surface area contributed by atoms with Gasteiger partial charge in [-0.3, -0.25) is 4.98 Å². The maximum absolute atomic E-state index is 5.44. The molecule has 5 nitrogen and oxygen atoms in total. The van der Waals surface area contributed by atoms with E-state index in [1.54, 1.807) is 18.6 Å². The molecule has 0 aliphatic carbocycles. The molecular weight excluding hydrogens is 204 g/mol. The highest BCUT2D eigenvalue weighted by Gasteiger charge is 2.12. The van der Waals surface area contributed by atoms with Crippen LogP contribution in [-0.4, -0.2) is 15.0 Å². The Kier molecular flexibility index (Phi) is 2.85. The molecule has 0 aliphatic rings. The summed E-state index contributed by atoms with van der Waals surface area (Å²) >= 11 is 0. The van der Waals surface area contributed by atoms with Gasteiger partial charge in [0.05, 0.1) is 11.9 Å². The van der Waals surface area contributed by atoms with Gasteiger partial charge in [-0.15, -0.1) is 0 Å². The van der Waals surface area contributed by atoms with Crippen LogP contribution in [0.5, 0.6) is 0 Å². The molecule has 0 radical (unpaired) electrons. The van der Waals surface area contributed by atoms with Crippen molar-refractivity contribution in [3.05, 3.63) is 35.9 Å². The van der Waals surface area contributed by atoms with E-state index in [2.05, 4.69) is 20.3 Å². The number of aromatic nitrogens is 3. The zero-order valence-electron chi connectivity index (χ0n) is 9.56. The molecule has 84 valence electrons. The van der Waals surface area contributed by atoms with Gasteiger partial charge >= 0.3 is 0 Å². The van der Waals surface area contributed by atoms with E-state index in [0.717, 1.165) is 17.3 Å². The summed E-state index contributed by atoms with van der Waals surface area (Å²) in [6, 6.07) is -0.0240. The summed E-state index contributed by atoms with van der Waals surface area (Å²) in [4.78, 5) is 12.5. The van der Waals surface area contributed by atoms with Crippen LogP contribution in [0.2, 0.25) is 0 Å². The number of rotatable bonds is 3. The molecule has 2 heterocycles. The molecule has 0 aromatic carbocycles. The number of nitrogens with zero attached hydrogens (tertiary/aromatic N) is 3. The van der Waals surface area contributed by atoms with E-state index in [1.165, 1.54) is 0 Å². The van der Waals surface area contributed by atoms with E-state index in [1.807, 2.05) is 20.8 Å². The molecule has 0 spiro atoms. The van der Waals surface area contributed by atoms with Crippen LogP contribution in [-0.2, 0) is 0 Å². The fraction of sp³-hybridized carbons (Fsp3) is 0.364. The third-order valence-electron chi connectivity index (χ3n) is 2.24. The third-order valence-corrected chi connectivity index (χ3v) is 2.24. The van der Waals surface area contributed by atoms with Crippen molar-refractivity contribution in [1.29, 1.82) is 0 Å². The van der Waals surface area contributed by atoms with Crippen molar-refractivity contribution in [3.8, 4) is 0 Å². The summed E-state index contributed by atoms with van der Waals surface area (Å²) in [6.45, 7) is 5.75. The quantitative estimate of drug-likeness (QED) is 0.856. The first kappa shape index (κ1) is 10.6. The fourth-order valence-electron chi connectivity index (χ4n) is 1.39. The Morgan fingerprint density at radius 3 is 2.56 bits per heavy atom. The highest BCUT2D eigenvalue weighted by molar-refractivity contribution is 5.39. The lowest BCUT2D eigenvalue weighted by Crippen LogP contribution is -2.09. The Morgan fingerprint density at radius 2 is 1.94 bits per heavy atom. The second kappa shape index (κ2) is 4.30. The average Bonchev–Trinajstić information content (AvgIpc) is 2.68. The lowest BCUT2D eigenvalue weighted by Gasteiger charge is -2.11. The van der Waals surface area contributed by atoms with Gasteiger partial charge in [-0.05, 0) is 20.8 Å². The smallest absolute Gasteiger partial charge is 0.216 e. The number of nitrogens with one attached hydrogen (secondary N) is 1. The van der Waals surface area contributed by atoms with E-state index in [4.69, 9.17) is 4.42 Å². The molecule has 0 saturated carbocycles. The minimum absolute atomic E-state index is 0.0240. The molecule has 1 atom stereocenters. The maximum atomic E-state index is 5.44. The highest BCUT2D eigenvalue weighted by atomic mass is 16.4. The summed E-state index contributed by atoms with van der Waals surface area (Å²) < 4.78 is 5.44. The Labute approximate surface area is 94.0 Å². The van der Waals surface area contributed by atoms with Crippen molar-refractivity contribution in [2.75, 3.05) is 5.32 Å². The standard InChI is InChI=1S/C11H14N4O/c1-7-6-14-11(16-7)9(3)15-10-8(2)12-4-5-13-10/h4-6,9H,1-3H3,(H,13,15). The van der Waals surface area contributed by atoms with Gasteiger partial charge in [-0.25, -0.2) is 9.97 Å². The Bertz CT molecular complexity index is 480. The molecule has 2 aromatic rings. The molecule has 16 heavy (non-hydrogen) atoms. The Hall–Kier alpha value is -1.91. The second-order valence-corrected chi connectivity index (χ2v) is 3.67. The van der Waals surface area contributed by atoms with Crippen LogP contribution in [0.15, 0.2) is 23.0 Å². The largest absolute Gasteiger partial charge is 0.444 e. The van der Waals surface area contributed by atoms with Crippen molar-refractivity contribution >= 4 is 5.82 Å². The van der Waals surface area contributed by atoms with E-state index >= 15 is 0 Å². The molecule has 5 heteroatoms. The molecular formula is C11H14N4O. The number of anilines is 1. The third kappa shape index (κ3) is 2.18. The first-order valence-electron chi connectivity index (χ1n) is 5.13. The van der Waals surface area contributed by atoms with Crippen molar-refractivity contribution < 1.29 is 4.42 Å². The van der Waals surface area contributed by atoms with Gasteiger partial charge in [0.25, 0.3) is 0 Å². The molecule has 2 aromatic heterocycles. The number of oxazole rings is 1. The van der Waals surface area contributed by atoms with Gasteiger partial charge in [0.1, 0.15) is 17.6 Å². The molecule has 0 amide bonds. The molecule has 0 aliphatic heterocycles. The van der Waals surface area contributed by atoms with E-state index in [-0.39, 0.29) is 6.04 Å². The maximum Gasteiger partial charge on any atom is 0.216 e. The summed E-state index contributed by atoms with van der Waals surface area (Å²) in [5, 5.41) is 3.21. The van der Waals surface area contributed by atoms with E-state index < -0.39 is 0 Å². The zero-order chi connectivity index (χ0) is 11.5. The van der Waals surface area contributed by atoms with Crippen LogP contribution >= 0.6 is 0 Å². The van der Waals surface area contributed by atoms with E-state index in [9.17, 15) is 0 Å². The predicted molar refractivity (Wildman–Crippen MR) is 60.0 cm³/mol. The van der Waals surface area contributed by atoms with Gasteiger partial charge in [0.15, 0.2) is 0 Å². The van der Waals surface area contributed by atoms with Gasteiger partial charge in [0, 0.05) is 12.4 Å². The molecule has 1 N–H and O–H groups in total. The molecule has 1 unspecified atom stereocenters. The van der Waals surface area contributed by atoms with Crippen LogP contribution in [0.1, 0.15) is 30.3 Å². The minimum Gasteiger partial charge on any atom is -0.444 e. The topological polar surface area (TPSA) is 63.8 Å². The number of hydrogen-bond donors (Lipinski definition) is 1. The van der Waals surface area contributed by atoms with Crippen LogP contribution in [0, 0.1) is 13.8 Å². The Balaban J connectivity index is 2.13. The normalized spacial score (nSPS) is 12.4. The lowest BCUT2D eigenvalue weighted by atomic mass is 10.3. The highest BCUT2D eigenvalue weighted by Crippen LogP contribution is 2.18. The van der Waals surface area contributed by atoms with Crippen LogP contribution in [0.4, 0.5) is 5.82 Å². The first-order chi connectivity index (χ1) is 7.66. The van der Waals surface area contributed by atoms with Crippen LogP contribution < -0.4 is 5.32 Å². The Morgan fingerprint density at radius 1 is 1.19 bits per heavy atom. The number of aryl methyl sites for hydroxylation is 2. The van der Waals surface area contributed by atoms with Gasteiger partial charge in [0.2, 0.25) is 5.89 Å². The van der Waals surface area contributed by atoms with Crippen molar-refractivity contribution in [2.45, 2.75) is 26.8 Å². The SMILES string of the molecule is Cc1cnc(C(C)Nc2nccnc2C)o1. The molecule has 0 saturated heterocycles. The summed E-state index contributed by atoms with van der Waals surface area (Å²) in [5.41, 5.74) is 0.859. The number of hydrogen-bond acceptors (Lipinski definition) is 5. The van der Waals surface area contributed by atoms with E-state index in [0.29, 0.717) is 5.89 Å². The monoisotopic (exact) mass is 218 g/mol. The predicted octanol–water partition coefficient (Wildman–Crippen LogP) is 2.25. The zero-order valence-corrected chi connectivity index (χ0v) is 9.56. The van der Waals surface area contributed by atoms with Crippen molar-refractivity contribution in [3.63, 3.8) is 0 Å². The fourth-order valence-corrected chi connectivity index (χ4v) is 1.39. The van der Waals surface area contributed by atoms with Crippen LogP contribution in [0.25, 0.3) is 0 Å².